The first-order valence-corrected chi connectivity index (χ1v) is 13.2. The highest BCUT2D eigenvalue weighted by Gasteiger charge is 2.26. The minimum Gasteiger partial charge on any atom is -0.491 e. The number of para-hydroxylation sites is 1. The molecule has 2 aromatic heterocycles. The van der Waals surface area contributed by atoms with Crippen LogP contribution >= 0.6 is 11.3 Å². The van der Waals surface area contributed by atoms with E-state index >= 15 is 0 Å². The molecule has 0 spiro atoms. The van der Waals surface area contributed by atoms with Gasteiger partial charge in [0.05, 0.1) is 23.4 Å². The van der Waals surface area contributed by atoms with Gasteiger partial charge in [-0.1, -0.05) is 48.5 Å². The number of carbonyl (C=O) groups is 2. The molecule has 0 saturated carbocycles. The van der Waals surface area contributed by atoms with E-state index in [9.17, 15) is 14.4 Å². The summed E-state index contributed by atoms with van der Waals surface area (Å²) in [6.45, 7) is 5.52. The molecule has 0 aliphatic carbocycles. The normalized spacial score (nSPS) is 13.9. The van der Waals surface area contributed by atoms with E-state index in [1.54, 1.807) is 24.3 Å². The van der Waals surface area contributed by atoms with Gasteiger partial charge in [-0.3, -0.25) is 19.0 Å². The maximum absolute atomic E-state index is 13.8. The number of nitrogens with one attached hydrogen (secondary N) is 1. The molecule has 1 N–H and O–H groups in total. The largest absolute Gasteiger partial charge is 0.491 e. The fourth-order valence-electron chi connectivity index (χ4n) is 4.81. The van der Waals surface area contributed by atoms with E-state index < -0.39 is 0 Å². The summed E-state index contributed by atoms with van der Waals surface area (Å²) in [5.41, 5.74) is 0.871. The van der Waals surface area contributed by atoms with Gasteiger partial charge in [0.1, 0.15) is 10.3 Å². The fourth-order valence-corrected chi connectivity index (χ4v) is 5.99. The molecule has 0 radical (unpaired) electrons. The molecular weight excluding hydrogens is 474 g/mol. The first-order valence-electron chi connectivity index (χ1n) is 12.4. The number of hydrogen-bond acceptors (Lipinski definition) is 6. The number of rotatable bonds is 9. The van der Waals surface area contributed by atoms with Crippen LogP contribution in [0.5, 0.6) is 5.75 Å². The Morgan fingerprint density at radius 2 is 1.75 bits per heavy atom. The highest BCUT2D eigenvalue weighted by molar-refractivity contribution is 7.22. The minimum atomic E-state index is -0.330. The third-order valence-electron chi connectivity index (χ3n) is 6.57. The highest BCUT2D eigenvalue weighted by Crippen LogP contribution is 2.39. The number of amides is 1. The van der Waals surface area contributed by atoms with Crippen LogP contribution in [0.4, 0.5) is 0 Å². The first-order chi connectivity index (χ1) is 17.6. The molecule has 0 atom stereocenters. The lowest BCUT2D eigenvalue weighted by atomic mass is 10.1. The molecule has 1 aliphatic rings. The lowest BCUT2D eigenvalue weighted by Crippen LogP contribution is -2.33. The van der Waals surface area contributed by atoms with Crippen molar-refractivity contribution in [1.29, 1.82) is 0 Å². The average molecular weight is 504 g/mol. The van der Waals surface area contributed by atoms with Gasteiger partial charge in [0, 0.05) is 24.0 Å². The summed E-state index contributed by atoms with van der Waals surface area (Å²) in [4.78, 5) is 42.8. The van der Waals surface area contributed by atoms with Crippen LogP contribution in [0.15, 0.2) is 59.4 Å². The lowest BCUT2D eigenvalue weighted by molar-refractivity contribution is 0.0947. The number of nitrogens with zero attached hydrogens (tertiary/aromatic N) is 2. The Kier molecular flexibility index (Phi) is 7.16. The van der Waals surface area contributed by atoms with Crippen LogP contribution in [0.3, 0.4) is 0 Å². The van der Waals surface area contributed by atoms with Crippen molar-refractivity contribution in [1.82, 2.24) is 14.8 Å². The number of Topliss-reactive ketones (excluding diaryl/α,β-unsaturated/α-hetero) is 1. The molecule has 4 aromatic rings. The Bertz CT molecular complexity index is 1470. The van der Waals surface area contributed by atoms with Gasteiger partial charge in [-0.15, -0.1) is 11.3 Å². The molecular formula is C28H29N3O4S. The third kappa shape index (κ3) is 4.66. The lowest BCUT2D eigenvalue weighted by Gasteiger charge is -2.14. The molecule has 7 nitrogen and oxygen atoms in total. The Hall–Kier alpha value is -3.49. The molecule has 1 amide bonds. The summed E-state index contributed by atoms with van der Waals surface area (Å²) < 4.78 is 8.10. The maximum atomic E-state index is 13.8. The number of ketones is 1. The van der Waals surface area contributed by atoms with Crippen molar-refractivity contribution < 1.29 is 14.3 Å². The number of likely N-dealkylation sites (tertiary alicyclic amines) is 1. The molecule has 8 heteroatoms. The molecule has 0 unspecified atom stereocenters. The summed E-state index contributed by atoms with van der Waals surface area (Å²) in [6, 6.07) is 16.4. The summed E-state index contributed by atoms with van der Waals surface area (Å²) >= 11 is 1.27. The topological polar surface area (TPSA) is 80.6 Å². The predicted molar refractivity (Wildman–Crippen MR) is 144 cm³/mol. The quantitative estimate of drug-likeness (QED) is 0.344. The van der Waals surface area contributed by atoms with Crippen molar-refractivity contribution in [2.24, 2.45) is 0 Å². The molecule has 3 heterocycles. The number of aromatic nitrogens is 1. The Balaban J connectivity index is 1.57. The zero-order valence-corrected chi connectivity index (χ0v) is 21.1. The second-order valence-corrected chi connectivity index (χ2v) is 9.92. The number of benzene rings is 2. The fraction of sp³-hybridized carbons (Fsp3) is 0.321. The Labute approximate surface area is 213 Å². The highest BCUT2D eigenvalue weighted by atomic mass is 32.1. The minimum absolute atomic E-state index is 0.0991. The number of carbonyl (C=O) groups excluding carboxylic acids is 2. The third-order valence-corrected chi connectivity index (χ3v) is 7.77. The van der Waals surface area contributed by atoms with Crippen LogP contribution in [0, 0.1) is 0 Å². The van der Waals surface area contributed by atoms with Crippen LogP contribution in [0.2, 0.25) is 0 Å². The number of hydrogen-bond donors (Lipinski definition) is 1. The number of thiophene rings is 1. The molecule has 1 aliphatic heterocycles. The van der Waals surface area contributed by atoms with E-state index in [0.717, 1.165) is 25.0 Å². The molecule has 0 bridgehead atoms. The molecule has 2 aromatic carbocycles. The van der Waals surface area contributed by atoms with Gasteiger partial charge in [-0.25, -0.2) is 0 Å². The van der Waals surface area contributed by atoms with Crippen molar-refractivity contribution in [2.75, 3.05) is 32.8 Å². The molecule has 1 saturated heterocycles. The van der Waals surface area contributed by atoms with Gasteiger partial charge >= 0.3 is 0 Å². The molecule has 186 valence electrons. The van der Waals surface area contributed by atoms with Crippen LogP contribution in [-0.4, -0.2) is 53.9 Å². The molecule has 1 fully saturated rings. The zero-order chi connectivity index (χ0) is 25.1. The summed E-state index contributed by atoms with van der Waals surface area (Å²) in [5.74, 6) is -0.0997. The predicted octanol–water partition coefficient (Wildman–Crippen LogP) is 4.32. The van der Waals surface area contributed by atoms with Crippen LogP contribution < -0.4 is 15.6 Å². The second kappa shape index (κ2) is 10.6. The van der Waals surface area contributed by atoms with Gasteiger partial charge in [0.2, 0.25) is 0 Å². The monoisotopic (exact) mass is 503 g/mol. The summed E-state index contributed by atoms with van der Waals surface area (Å²) in [5, 5.41) is 4.18. The first kappa shape index (κ1) is 24.2. The van der Waals surface area contributed by atoms with Crippen molar-refractivity contribution >= 4 is 44.0 Å². The van der Waals surface area contributed by atoms with E-state index in [1.807, 2.05) is 37.3 Å². The zero-order valence-electron chi connectivity index (χ0n) is 20.3. The Morgan fingerprint density at radius 1 is 1.03 bits per heavy atom. The van der Waals surface area contributed by atoms with Gasteiger partial charge in [-0.2, -0.15) is 0 Å². The van der Waals surface area contributed by atoms with E-state index in [-0.39, 0.29) is 23.8 Å². The van der Waals surface area contributed by atoms with Crippen LogP contribution in [-0.2, 0) is 6.54 Å². The van der Waals surface area contributed by atoms with E-state index in [4.69, 9.17) is 4.74 Å². The SMILES string of the molecule is CCOc1c(C(=O)NCCN2CCCC2)sc2c1c(=O)n(CC(=O)c1ccccc1)c1ccccc21. The van der Waals surface area contributed by atoms with Gasteiger partial charge in [0.25, 0.3) is 11.5 Å². The van der Waals surface area contributed by atoms with Crippen LogP contribution in [0.1, 0.15) is 39.8 Å². The van der Waals surface area contributed by atoms with Gasteiger partial charge < -0.3 is 15.0 Å². The van der Waals surface area contributed by atoms with Gasteiger partial charge in [-0.05, 0) is 38.9 Å². The van der Waals surface area contributed by atoms with E-state index in [2.05, 4.69) is 10.2 Å². The molecule has 36 heavy (non-hydrogen) atoms. The van der Waals surface area contributed by atoms with Gasteiger partial charge in [0.15, 0.2) is 11.5 Å². The molecule has 5 rings (SSSR count). The average Bonchev–Trinajstić information content (AvgIpc) is 3.56. The standard InChI is InChI=1S/C28H29N3O4S/c1-2-35-24-23-25(36-26(24)27(33)29-14-17-30-15-8-9-16-30)20-12-6-7-13-21(20)31(28(23)34)18-22(32)19-10-4-3-5-11-19/h3-7,10-13H,2,8-9,14-18H2,1H3,(H,29,33). The second-order valence-electron chi connectivity index (χ2n) is 8.90. The van der Waals surface area contributed by atoms with Crippen molar-refractivity contribution in [3.8, 4) is 5.75 Å². The van der Waals surface area contributed by atoms with Crippen LogP contribution in [0.25, 0.3) is 21.0 Å². The summed E-state index contributed by atoms with van der Waals surface area (Å²) in [7, 11) is 0. The van der Waals surface area contributed by atoms with Crippen molar-refractivity contribution in [2.45, 2.75) is 26.3 Å². The Morgan fingerprint density at radius 3 is 2.50 bits per heavy atom. The number of pyridine rings is 1. The van der Waals surface area contributed by atoms with E-state index in [1.165, 1.54) is 28.7 Å². The number of ether oxygens (including phenoxy) is 1. The maximum Gasteiger partial charge on any atom is 0.265 e. The van der Waals surface area contributed by atoms with E-state index in [0.29, 0.717) is 44.9 Å². The smallest absolute Gasteiger partial charge is 0.265 e. The van der Waals surface area contributed by atoms with Crippen molar-refractivity contribution in [3.63, 3.8) is 0 Å². The van der Waals surface area contributed by atoms with Crippen molar-refractivity contribution in [3.05, 3.63) is 75.4 Å². The summed E-state index contributed by atoms with van der Waals surface area (Å²) in [6.07, 6.45) is 2.40. The number of fused-ring (bicyclic) bond motifs is 3.